The molecule has 1 unspecified atom stereocenters. The Labute approximate surface area is 81.7 Å². The molecule has 0 spiro atoms. The molecule has 1 fully saturated rings. The number of rotatable bonds is 2. The lowest BCUT2D eigenvalue weighted by Crippen LogP contribution is -2.38. The number of halogens is 1. The van der Waals surface area contributed by atoms with Crippen LogP contribution in [0, 0.1) is 5.82 Å². The minimum absolute atomic E-state index is 0.382. The van der Waals surface area contributed by atoms with Gasteiger partial charge in [-0.1, -0.05) is 6.07 Å². The van der Waals surface area contributed by atoms with E-state index in [0.29, 0.717) is 18.5 Å². The number of hydrogen-bond donors (Lipinski definition) is 0. The third-order valence-corrected chi connectivity index (χ3v) is 2.71. The first-order valence-electron chi connectivity index (χ1n) is 4.55. The SMILES string of the molecule is CC1(c2ccc(F)cc2C=O)CCO1. The molecule has 3 heteroatoms. The van der Waals surface area contributed by atoms with Gasteiger partial charge in [0.15, 0.2) is 6.29 Å². The lowest BCUT2D eigenvalue weighted by atomic mass is 9.85. The molecule has 1 aromatic rings. The van der Waals surface area contributed by atoms with Gasteiger partial charge in [-0.05, 0) is 24.6 Å². The van der Waals surface area contributed by atoms with Gasteiger partial charge < -0.3 is 4.74 Å². The molecule has 14 heavy (non-hydrogen) atoms. The van der Waals surface area contributed by atoms with Crippen LogP contribution >= 0.6 is 0 Å². The molecule has 2 rings (SSSR count). The lowest BCUT2D eigenvalue weighted by Gasteiger charge is -2.39. The molecule has 1 aliphatic heterocycles. The van der Waals surface area contributed by atoms with Crippen molar-refractivity contribution in [2.75, 3.05) is 6.61 Å². The van der Waals surface area contributed by atoms with Gasteiger partial charge in [0.1, 0.15) is 5.82 Å². The molecular weight excluding hydrogens is 183 g/mol. The maximum absolute atomic E-state index is 12.8. The molecular formula is C11H11FO2. The topological polar surface area (TPSA) is 26.3 Å². The van der Waals surface area contributed by atoms with Crippen molar-refractivity contribution in [2.24, 2.45) is 0 Å². The number of aldehydes is 1. The van der Waals surface area contributed by atoms with Crippen LogP contribution in [0.25, 0.3) is 0 Å². The van der Waals surface area contributed by atoms with E-state index in [9.17, 15) is 9.18 Å². The smallest absolute Gasteiger partial charge is 0.150 e. The van der Waals surface area contributed by atoms with E-state index in [1.165, 1.54) is 12.1 Å². The van der Waals surface area contributed by atoms with Crippen LogP contribution in [-0.2, 0) is 10.3 Å². The van der Waals surface area contributed by atoms with Crippen molar-refractivity contribution in [1.29, 1.82) is 0 Å². The zero-order chi connectivity index (χ0) is 10.2. The number of carbonyl (C=O) groups excluding carboxylic acids is 1. The standard InChI is InChI=1S/C11H11FO2/c1-11(4-5-14-11)10-3-2-9(12)6-8(10)7-13/h2-3,6-7H,4-5H2,1H3. The maximum atomic E-state index is 12.8. The summed E-state index contributed by atoms with van der Waals surface area (Å²) in [6.07, 6.45) is 1.55. The highest BCUT2D eigenvalue weighted by Crippen LogP contribution is 2.38. The van der Waals surface area contributed by atoms with E-state index in [1.807, 2.05) is 6.92 Å². The third-order valence-electron chi connectivity index (χ3n) is 2.71. The highest BCUT2D eigenvalue weighted by molar-refractivity contribution is 5.78. The summed E-state index contributed by atoms with van der Waals surface area (Å²) in [6.45, 7) is 2.61. The Balaban J connectivity index is 2.46. The first-order valence-corrected chi connectivity index (χ1v) is 4.55. The van der Waals surface area contributed by atoms with Gasteiger partial charge in [-0.25, -0.2) is 4.39 Å². The highest BCUT2D eigenvalue weighted by atomic mass is 19.1. The van der Waals surface area contributed by atoms with Crippen molar-refractivity contribution in [3.63, 3.8) is 0 Å². The van der Waals surface area contributed by atoms with E-state index in [-0.39, 0.29) is 0 Å². The van der Waals surface area contributed by atoms with Gasteiger partial charge >= 0.3 is 0 Å². The number of ether oxygens (including phenoxy) is 1. The Morgan fingerprint density at radius 1 is 1.57 bits per heavy atom. The van der Waals surface area contributed by atoms with Crippen molar-refractivity contribution in [3.05, 3.63) is 35.1 Å². The molecule has 1 atom stereocenters. The molecule has 0 aromatic heterocycles. The largest absolute Gasteiger partial charge is 0.370 e. The Morgan fingerprint density at radius 3 is 2.79 bits per heavy atom. The molecule has 1 aliphatic rings. The number of benzene rings is 1. The fourth-order valence-electron chi connectivity index (χ4n) is 1.73. The van der Waals surface area contributed by atoms with Crippen molar-refractivity contribution in [2.45, 2.75) is 18.9 Å². The maximum Gasteiger partial charge on any atom is 0.150 e. The molecule has 0 radical (unpaired) electrons. The molecule has 0 amide bonds. The molecule has 2 nitrogen and oxygen atoms in total. The van der Waals surface area contributed by atoms with Crippen LogP contribution in [0.3, 0.4) is 0 Å². The van der Waals surface area contributed by atoms with Gasteiger partial charge in [-0.2, -0.15) is 0 Å². The first-order chi connectivity index (χ1) is 6.65. The van der Waals surface area contributed by atoms with Gasteiger partial charge in [-0.3, -0.25) is 4.79 Å². The minimum Gasteiger partial charge on any atom is -0.370 e. The van der Waals surface area contributed by atoms with Crippen LogP contribution in [0.1, 0.15) is 29.3 Å². The van der Waals surface area contributed by atoms with E-state index in [2.05, 4.69) is 0 Å². The normalized spacial score (nSPS) is 25.6. The molecule has 1 heterocycles. The van der Waals surface area contributed by atoms with Gasteiger partial charge in [0.2, 0.25) is 0 Å². The zero-order valence-corrected chi connectivity index (χ0v) is 7.92. The van der Waals surface area contributed by atoms with E-state index >= 15 is 0 Å². The summed E-state index contributed by atoms with van der Waals surface area (Å²) >= 11 is 0. The van der Waals surface area contributed by atoms with Crippen LogP contribution in [0.4, 0.5) is 4.39 Å². The summed E-state index contributed by atoms with van der Waals surface area (Å²) in [5.41, 5.74) is 0.761. The highest BCUT2D eigenvalue weighted by Gasteiger charge is 2.36. The monoisotopic (exact) mass is 194 g/mol. The second-order valence-electron chi connectivity index (χ2n) is 3.68. The van der Waals surface area contributed by atoms with Crippen molar-refractivity contribution in [3.8, 4) is 0 Å². The summed E-state index contributed by atoms with van der Waals surface area (Å²) in [5, 5.41) is 0. The Morgan fingerprint density at radius 2 is 2.29 bits per heavy atom. The van der Waals surface area contributed by atoms with Crippen molar-refractivity contribution in [1.82, 2.24) is 0 Å². The fraction of sp³-hybridized carbons (Fsp3) is 0.364. The average Bonchev–Trinajstić information content (AvgIpc) is 2.14. The van der Waals surface area contributed by atoms with Gasteiger partial charge in [0.05, 0.1) is 12.2 Å². The minimum atomic E-state index is -0.399. The summed E-state index contributed by atoms with van der Waals surface area (Å²) in [5.74, 6) is -0.390. The number of carbonyl (C=O) groups is 1. The predicted molar refractivity (Wildman–Crippen MR) is 49.7 cm³/mol. The van der Waals surface area contributed by atoms with Crippen LogP contribution in [0.15, 0.2) is 18.2 Å². The lowest BCUT2D eigenvalue weighted by molar-refractivity contribution is -0.140. The van der Waals surface area contributed by atoms with Gasteiger partial charge in [0.25, 0.3) is 0 Å². The summed E-state index contributed by atoms with van der Waals surface area (Å²) in [7, 11) is 0. The van der Waals surface area contributed by atoms with Crippen LogP contribution < -0.4 is 0 Å². The molecule has 0 saturated carbocycles. The van der Waals surface area contributed by atoms with Crippen LogP contribution in [-0.4, -0.2) is 12.9 Å². The predicted octanol–water partition coefficient (Wildman–Crippen LogP) is 2.27. The molecule has 1 saturated heterocycles. The molecule has 0 bridgehead atoms. The van der Waals surface area contributed by atoms with Crippen LogP contribution in [0.5, 0.6) is 0 Å². The van der Waals surface area contributed by atoms with E-state index in [4.69, 9.17) is 4.74 Å². The van der Waals surface area contributed by atoms with E-state index < -0.39 is 11.4 Å². The second-order valence-corrected chi connectivity index (χ2v) is 3.68. The molecule has 0 aliphatic carbocycles. The first kappa shape index (κ1) is 9.34. The average molecular weight is 194 g/mol. The summed E-state index contributed by atoms with van der Waals surface area (Å²) in [4.78, 5) is 10.7. The summed E-state index contributed by atoms with van der Waals surface area (Å²) < 4.78 is 18.2. The van der Waals surface area contributed by atoms with Crippen molar-refractivity contribution >= 4 is 6.29 Å². The van der Waals surface area contributed by atoms with E-state index in [0.717, 1.165) is 12.0 Å². The zero-order valence-electron chi connectivity index (χ0n) is 7.92. The molecule has 0 N–H and O–H groups in total. The summed E-state index contributed by atoms with van der Waals surface area (Å²) in [6, 6.07) is 4.22. The Bertz CT molecular complexity index is 370. The van der Waals surface area contributed by atoms with Gasteiger partial charge in [-0.15, -0.1) is 0 Å². The third kappa shape index (κ3) is 1.34. The second kappa shape index (κ2) is 3.17. The fourth-order valence-corrected chi connectivity index (χ4v) is 1.73. The number of hydrogen-bond acceptors (Lipinski definition) is 2. The Hall–Kier alpha value is -1.22. The van der Waals surface area contributed by atoms with E-state index in [1.54, 1.807) is 6.07 Å². The Kier molecular flexibility index (Phi) is 2.11. The quantitative estimate of drug-likeness (QED) is 0.675. The van der Waals surface area contributed by atoms with Gasteiger partial charge in [0, 0.05) is 12.0 Å². The molecule has 1 aromatic carbocycles. The van der Waals surface area contributed by atoms with Crippen molar-refractivity contribution < 1.29 is 13.9 Å². The van der Waals surface area contributed by atoms with Crippen LogP contribution in [0.2, 0.25) is 0 Å². The molecule has 74 valence electrons.